The van der Waals surface area contributed by atoms with Crippen molar-refractivity contribution < 1.29 is 32.6 Å². The second kappa shape index (κ2) is 9.97. The number of alkyl halides is 3. The predicted octanol–water partition coefficient (Wildman–Crippen LogP) is 3.66. The van der Waals surface area contributed by atoms with Crippen LogP contribution in [-0.2, 0) is 14.3 Å². The van der Waals surface area contributed by atoms with Gasteiger partial charge in [-0.1, -0.05) is 27.2 Å². The average molecular weight is 379 g/mol. The molecule has 4 atom stereocenters. The first-order valence-corrected chi connectivity index (χ1v) is 9.08. The predicted molar refractivity (Wildman–Crippen MR) is 90.2 cm³/mol. The Labute approximate surface area is 152 Å². The first-order valence-electron chi connectivity index (χ1n) is 9.08. The molecule has 0 spiro atoms. The van der Waals surface area contributed by atoms with E-state index in [0.717, 1.165) is 10.8 Å². The van der Waals surface area contributed by atoms with Crippen LogP contribution in [0.15, 0.2) is 5.70 Å². The molecule has 1 unspecified atom stereocenters. The summed E-state index contributed by atoms with van der Waals surface area (Å²) in [4.78, 5) is 23.2. The maximum atomic E-state index is 13.3. The lowest BCUT2D eigenvalue weighted by molar-refractivity contribution is -0.141. The van der Waals surface area contributed by atoms with Crippen molar-refractivity contribution in [3.8, 4) is 0 Å². The number of ether oxygens (including phenoxy) is 1. The van der Waals surface area contributed by atoms with E-state index in [-0.39, 0.29) is 12.3 Å². The average Bonchev–Trinajstić information content (AvgIpc) is 3.03. The smallest absolute Gasteiger partial charge is 0.442 e. The van der Waals surface area contributed by atoms with Crippen LogP contribution in [0, 0.1) is 11.8 Å². The van der Waals surface area contributed by atoms with Gasteiger partial charge in [-0.05, 0) is 31.6 Å². The van der Waals surface area contributed by atoms with Crippen LogP contribution in [-0.4, -0.2) is 53.4 Å². The van der Waals surface area contributed by atoms with E-state index in [1.165, 1.54) is 6.42 Å². The summed E-state index contributed by atoms with van der Waals surface area (Å²) in [6.45, 7) is 6.67. The lowest BCUT2D eigenvalue weighted by Gasteiger charge is -2.43. The molecule has 0 aromatic rings. The zero-order valence-electron chi connectivity index (χ0n) is 15.5. The molecule has 1 N–H and O–H groups in total. The van der Waals surface area contributed by atoms with E-state index in [4.69, 9.17) is 9.84 Å². The van der Waals surface area contributed by atoms with Crippen molar-refractivity contribution in [1.29, 1.82) is 0 Å². The number of allylic oxidation sites excluding steroid dienone is 1. The van der Waals surface area contributed by atoms with E-state index in [2.05, 4.69) is 13.8 Å². The maximum absolute atomic E-state index is 13.3. The van der Waals surface area contributed by atoms with Crippen LogP contribution in [0.2, 0.25) is 0 Å². The maximum Gasteiger partial charge on any atom is 0.442 e. The minimum Gasteiger partial charge on any atom is -0.481 e. The van der Waals surface area contributed by atoms with E-state index < -0.39 is 35.8 Å². The SMILES string of the molecule is CCC.C[C@@H]1COCC[C@@H]1N(C(=C=O)C(F)(F)F)[C@@H]1CCC(C(=O)O)C1. The van der Waals surface area contributed by atoms with Crippen molar-refractivity contribution >= 4 is 11.9 Å². The van der Waals surface area contributed by atoms with Gasteiger partial charge >= 0.3 is 12.1 Å². The summed E-state index contributed by atoms with van der Waals surface area (Å²) in [7, 11) is 0. The summed E-state index contributed by atoms with van der Waals surface area (Å²) in [6, 6.07) is -1.11. The van der Waals surface area contributed by atoms with Gasteiger partial charge in [-0.25, -0.2) is 4.79 Å². The Morgan fingerprint density at radius 3 is 2.31 bits per heavy atom. The molecule has 0 bridgehead atoms. The Kier molecular flexibility index (Phi) is 8.63. The zero-order valence-corrected chi connectivity index (χ0v) is 15.5. The Bertz CT molecular complexity index is 517. The number of hydrogen-bond acceptors (Lipinski definition) is 4. The van der Waals surface area contributed by atoms with Crippen LogP contribution in [0.25, 0.3) is 0 Å². The summed E-state index contributed by atoms with van der Waals surface area (Å²) in [5.41, 5.74) is -1.33. The van der Waals surface area contributed by atoms with Gasteiger partial charge in [0.1, 0.15) is 0 Å². The summed E-state index contributed by atoms with van der Waals surface area (Å²) in [5, 5.41) is 9.09. The summed E-state index contributed by atoms with van der Waals surface area (Å²) in [6.07, 6.45) is -2.43. The highest BCUT2D eigenvalue weighted by Gasteiger charge is 2.48. The molecule has 1 aliphatic heterocycles. The van der Waals surface area contributed by atoms with Gasteiger partial charge in [0.15, 0.2) is 5.94 Å². The number of halogens is 3. The monoisotopic (exact) mass is 379 g/mol. The molecule has 150 valence electrons. The fourth-order valence-electron chi connectivity index (χ4n) is 3.59. The molecule has 1 aliphatic carbocycles. The van der Waals surface area contributed by atoms with Crippen molar-refractivity contribution in [2.75, 3.05) is 13.2 Å². The number of carboxylic acids is 1. The number of carbonyl (C=O) groups is 1. The molecule has 1 heterocycles. The minimum absolute atomic E-state index is 0.112. The first kappa shape index (κ1) is 22.5. The van der Waals surface area contributed by atoms with Crippen molar-refractivity contribution in [2.24, 2.45) is 11.8 Å². The molecular formula is C18H28F3NO4. The second-order valence-electron chi connectivity index (χ2n) is 6.97. The van der Waals surface area contributed by atoms with Crippen LogP contribution >= 0.6 is 0 Å². The van der Waals surface area contributed by atoms with E-state index in [0.29, 0.717) is 32.5 Å². The van der Waals surface area contributed by atoms with Crippen molar-refractivity contribution in [2.45, 2.75) is 71.1 Å². The molecule has 0 aromatic carbocycles. The number of carbonyl (C=O) groups excluding carboxylic acids is 1. The molecule has 8 heteroatoms. The normalized spacial score (nSPS) is 28.5. The van der Waals surface area contributed by atoms with E-state index in [9.17, 15) is 22.8 Å². The molecule has 0 aromatic heterocycles. The standard InChI is InChI=1S/C15H20F3NO4.C3H8/c1-9-8-23-5-4-12(9)19(13(7-20)15(16,17)18)11-3-2-10(6-11)14(21)22;1-3-2/h9-12H,2-6,8H2,1H3,(H,21,22);3H2,1-2H3/t9-,10?,11-,12+;/m1./s1. The number of aliphatic carboxylic acids is 1. The van der Waals surface area contributed by atoms with Gasteiger partial charge in [-0.2, -0.15) is 13.2 Å². The second-order valence-corrected chi connectivity index (χ2v) is 6.97. The summed E-state index contributed by atoms with van der Waals surface area (Å²) >= 11 is 0. The van der Waals surface area contributed by atoms with Crippen LogP contribution in [0.1, 0.15) is 52.9 Å². The number of nitrogens with zero attached hydrogens (tertiary/aromatic N) is 1. The molecule has 2 aliphatic rings. The zero-order chi connectivity index (χ0) is 19.9. The van der Waals surface area contributed by atoms with E-state index in [1.807, 2.05) is 0 Å². The highest BCUT2D eigenvalue weighted by molar-refractivity contribution is 5.70. The minimum atomic E-state index is -4.80. The van der Waals surface area contributed by atoms with Gasteiger partial charge in [0.25, 0.3) is 0 Å². The number of carboxylic acid groups (broad SMARTS) is 1. The molecule has 0 radical (unpaired) electrons. The fourth-order valence-corrected chi connectivity index (χ4v) is 3.59. The topological polar surface area (TPSA) is 66.8 Å². The molecular weight excluding hydrogens is 351 g/mol. The van der Waals surface area contributed by atoms with Gasteiger partial charge in [-0.3, -0.25) is 4.79 Å². The number of rotatable bonds is 4. The molecule has 26 heavy (non-hydrogen) atoms. The van der Waals surface area contributed by atoms with Gasteiger partial charge in [0.05, 0.1) is 12.5 Å². The third kappa shape index (κ3) is 5.74. The van der Waals surface area contributed by atoms with Crippen LogP contribution in [0.5, 0.6) is 0 Å². The quantitative estimate of drug-likeness (QED) is 0.755. The number of hydrogen-bond donors (Lipinski definition) is 1. The molecule has 1 saturated carbocycles. The molecule has 5 nitrogen and oxygen atoms in total. The molecule has 0 amide bonds. The molecule has 2 fully saturated rings. The highest BCUT2D eigenvalue weighted by atomic mass is 19.4. The highest BCUT2D eigenvalue weighted by Crippen LogP contribution is 2.39. The van der Waals surface area contributed by atoms with Gasteiger partial charge in [0, 0.05) is 18.7 Å². The molecule has 2 rings (SSSR count). The van der Waals surface area contributed by atoms with Crippen LogP contribution in [0.4, 0.5) is 13.2 Å². The van der Waals surface area contributed by atoms with Gasteiger partial charge < -0.3 is 14.7 Å². The van der Waals surface area contributed by atoms with Crippen LogP contribution in [0.3, 0.4) is 0 Å². The Morgan fingerprint density at radius 2 is 1.88 bits per heavy atom. The lowest BCUT2D eigenvalue weighted by Crippen LogP contribution is -2.51. The van der Waals surface area contributed by atoms with Crippen LogP contribution < -0.4 is 0 Å². The summed E-state index contributed by atoms with van der Waals surface area (Å²) < 4.78 is 45.1. The third-order valence-electron chi connectivity index (χ3n) is 4.72. The summed E-state index contributed by atoms with van der Waals surface area (Å²) in [5.74, 6) is -0.793. The largest absolute Gasteiger partial charge is 0.481 e. The Morgan fingerprint density at radius 1 is 1.27 bits per heavy atom. The van der Waals surface area contributed by atoms with Crippen molar-refractivity contribution in [3.63, 3.8) is 0 Å². The lowest BCUT2D eigenvalue weighted by atomic mass is 9.93. The first-order chi connectivity index (χ1) is 12.2. The van der Waals surface area contributed by atoms with E-state index >= 15 is 0 Å². The van der Waals surface area contributed by atoms with Crippen molar-refractivity contribution in [1.82, 2.24) is 4.90 Å². The Balaban J connectivity index is 0.00000105. The van der Waals surface area contributed by atoms with Gasteiger partial charge in [-0.15, -0.1) is 0 Å². The van der Waals surface area contributed by atoms with Crippen molar-refractivity contribution in [3.05, 3.63) is 5.70 Å². The molecule has 1 saturated heterocycles. The Hall–Kier alpha value is -1.53. The third-order valence-corrected chi connectivity index (χ3v) is 4.72. The fraction of sp³-hybridized carbons (Fsp3) is 0.833. The van der Waals surface area contributed by atoms with Gasteiger partial charge in [0.2, 0.25) is 5.70 Å². The van der Waals surface area contributed by atoms with E-state index in [1.54, 1.807) is 6.92 Å².